The SMILES string of the molecule is Cc1cccc(C)c1NC(=O)CN(C)C(=O)CN(C)C(C)c1cc2ccccc2o1. The number of benzene rings is 2. The van der Waals surface area contributed by atoms with Crippen molar-refractivity contribution in [1.29, 1.82) is 0 Å². The number of nitrogens with one attached hydrogen (secondary N) is 1. The van der Waals surface area contributed by atoms with Gasteiger partial charge in [-0.15, -0.1) is 0 Å². The number of carbonyl (C=O) groups is 2. The van der Waals surface area contributed by atoms with Crippen molar-refractivity contribution in [3.05, 3.63) is 65.4 Å². The number of hydrogen-bond acceptors (Lipinski definition) is 4. The second-order valence-corrected chi connectivity index (χ2v) is 7.84. The van der Waals surface area contributed by atoms with Gasteiger partial charge in [-0.05, 0) is 51.1 Å². The lowest BCUT2D eigenvalue weighted by atomic mass is 10.1. The molecule has 2 aromatic carbocycles. The molecule has 1 atom stereocenters. The van der Waals surface area contributed by atoms with Crippen LogP contribution in [0, 0.1) is 13.8 Å². The van der Waals surface area contributed by atoms with E-state index in [2.05, 4.69) is 5.32 Å². The van der Waals surface area contributed by atoms with Crippen LogP contribution >= 0.6 is 0 Å². The summed E-state index contributed by atoms with van der Waals surface area (Å²) >= 11 is 0. The fourth-order valence-electron chi connectivity index (χ4n) is 3.39. The van der Waals surface area contributed by atoms with E-state index >= 15 is 0 Å². The van der Waals surface area contributed by atoms with E-state index in [1.165, 1.54) is 4.90 Å². The van der Waals surface area contributed by atoms with Gasteiger partial charge in [0.25, 0.3) is 0 Å². The Bertz CT molecular complexity index is 1000. The molecule has 158 valence electrons. The molecule has 0 fully saturated rings. The molecule has 0 aliphatic heterocycles. The van der Waals surface area contributed by atoms with Gasteiger partial charge >= 0.3 is 0 Å². The van der Waals surface area contributed by atoms with Crippen LogP contribution in [-0.4, -0.2) is 48.8 Å². The van der Waals surface area contributed by atoms with Gasteiger partial charge in [-0.1, -0.05) is 36.4 Å². The molecular formula is C24H29N3O3. The maximum absolute atomic E-state index is 12.7. The molecule has 0 spiro atoms. The lowest BCUT2D eigenvalue weighted by molar-refractivity contribution is -0.134. The summed E-state index contributed by atoms with van der Waals surface area (Å²) in [5.41, 5.74) is 3.63. The van der Waals surface area contributed by atoms with Crippen molar-refractivity contribution in [2.75, 3.05) is 32.5 Å². The summed E-state index contributed by atoms with van der Waals surface area (Å²) in [6.07, 6.45) is 0. The number of nitrogens with zero attached hydrogens (tertiary/aromatic N) is 2. The Labute approximate surface area is 177 Å². The van der Waals surface area contributed by atoms with Crippen LogP contribution in [0.1, 0.15) is 29.9 Å². The number of carbonyl (C=O) groups excluding carboxylic acids is 2. The number of anilines is 1. The maximum atomic E-state index is 12.7. The highest BCUT2D eigenvalue weighted by Gasteiger charge is 2.21. The van der Waals surface area contributed by atoms with Crippen LogP contribution < -0.4 is 5.32 Å². The normalized spacial score (nSPS) is 12.2. The molecule has 0 aliphatic carbocycles. The smallest absolute Gasteiger partial charge is 0.243 e. The van der Waals surface area contributed by atoms with Gasteiger partial charge < -0.3 is 14.6 Å². The summed E-state index contributed by atoms with van der Waals surface area (Å²) in [6.45, 7) is 6.08. The molecule has 3 rings (SSSR count). The van der Waals surface area contributed by atoms with E-state index in [1.807, 2.05) is 81.2 Å². The van der Waals surface area contributed by atoms with Crippen molar-refractivity contribution in [3.8, 4) is 0 Å². The number of aryl methyl sites for hydroxylation is 2. The topological polar surface area (TPSA) is 65.8 Å². The third kappa shape index (κ3) is 4.89. The van der Waals surface area contributed by atoms with Crippen LogP contribution in [0.15, 0.2) is 52.9 Å². The molecule has 3 aromatic rings. The molecule has 0 saturated heterocycles. The van der Waals surface area contributed by atoms with E-state index in [0.717, 1.165) is 33.5 Å². The number of amides is 2. The Morgan fingerprint density at radius 1 is 1.00 bits per heavy atom. The molecule has 6 nitrogen and oxygen atoms in total. The summed E-state index contributed by atoms with van der Waals surface area (Å²) in [4.78, 5) is 28.5. The number of fused-ring (bicyclic) bond motifs is 1. The molecule has 1 aromatic heterocycles. The minimum absolute atomic E-state index is 0.000529. The number of likely N-dealkylation sites (N-methyl/N-ethyl adjacent to an activating group) is 2. The molecule has 1 N–H and O–H groups in total. The number of furan rings is 1. The van der Waals surface area contributed by atoms with Crippen LogP contribution in [0.5, 0.6) is 0 Å². The standard InChI is InChI=1S/C24H29N3O3/c1-16-9-8-10-17(2)24(16)25-22(28)14-27(5)23(29)15-26(4)18(3)21-13-19-11-6-7-12-20(19)30-21/h6-13,18H,14-15H2,1-5H3,(H,25,28). The average Bonchev–Trinajstić information content (AvgIpc) is 3.14. The summed E-state index contributed by atoms with van der Waals surface area (Å²) < 4.78 is 5.92. The van der Waals surface area contributed by atoms with E-state index in [0.29, 0.717) is 0 Å². The van der Waals surface area contributed by atoms with E-state index in [4.69, 9.17) is 4.42 Å². The Kier molecular flexibility index (Phi) is 6.57. The third-order valence-corrected chi connectivity index (χ3v) is 5.45. The highest BCUT2D eigenvalue weighted by Crippen LogP contribution is 2.26. The molecule has 0 bridgehead atoms. The first kappa shape index (κ1) is 21.6. The first-order valence-corrected chi connectivity index (χ1v) is 10.0. The molecular weight excluding hydrogens is 378 g/mol. The van der Waals surface area contributed by atoms with Crippen LogP contribution in [0.4, 0.5) is 5.69 Å². The average molecular weight is 408 g/mol. The highest BCUT2D eigenvalue weighted by molar-refractivity contribution is 5.95. The van der Waals surface area contributed by atoms with Gasteiger partial charge in [-0.3, -0.25) is 14.5 Å². The van der Waals surface area contributed by atoms with Crippen LogP contribution in [0.3, 0.4) is 0 Å². The third-order valence-electron chi connectivity index (χ3n) is 5.45. The Hall–Kier alpha value is -3.12. The Morgan fingerprint density at radius 3 is 2.33 bits per heavy atom. The summed E-state index contributed by atoms with van der Waals surface area (Å²) in [5.74, 6) is 0.468. The maximum Gasteiger partial charge on any atom is 0.243 e. The van der Waals surface area contributed by atoms with Gasteiger partial charge in [0.2, 0.25) is 11.8 Å². The lowest BCUT2D eigenvalue weighted by Crippen LogP contribution is -2.41. The Morgan fingerprint density at radius 2 is 1.67 bits per heavy atom. The summed E-state index contributed by atoms with van der Waals surface area (Å²) in [7, 11) is 3.52. The molecule has 1 heterocycles. The van der Waals surface area contributed by atoms with Gasteiger partial charge in [0.05, 0.1) is 19.1 Å². The minimum Gasteiger partial charge on any atom is -0.459 e. The second kappa shape index (κ2) is 9.13. The van der Waals surface area contributed by atoms with E-state index in [1.54, 1.807) is 7.05 Å². The fraction of sp³-hybridized carbons (Fsp3) is 0.333. The first-order chi connectivity index (χ1) is 14.3. The van der Waals surface area contributed by atoms with Gasteiger partial charge in [-0.2, -0.15) is 0 Å². The molecule has 6 heteroatoms. The largest absolute Gasteiger partial charge is 0.459 e. The van der Waals surface area contributed by atoms with Gasteiger partial charge in [0.1, 0.15) is 11.3 Å². The minimum atomic E-state index is -0.212. The zero-order chi connectivity index (χ0) is 21.8. The number of para-hydroxylation sites is 2. The van der Waals surface area contributed by atoms with Crippen molar-refractivity contribution < 1.29 is 14.0 Å². The van der Waals surface area contributed by atoms with Crippen LogP contribution in [-0.2, 0) is 9.59 Å². The van der Waals surface area contributed by atoms with Crippen molar-refractivity contribution in [2.24, 2.45) is 0 Å². The monoisotopic (exact) mass is 407 g/mol. The number of hydrogen-bond donors (Lipinski definition) is 1. The second-order valence-electron chi connectivity index (χ2n) is 7.84. The fourth-order valence-corrected chi connectivity index (χ4v) is 3.39. The van der Waals surface area contributed by atoms with Crippen LogP contribution in [0.25, 0.3) is 11.0 Å². The molecule has 0 saturated carbocycles. The van der Waals surface area contributed by atoms with Crippen molar-refractivity contribution in [2.45, 2.75) is 26.8 Å². The highest BCUT2D eigenvalue weighted by atomic mass is 16.3. The molecule has 0 radical (unpaired) electrons. The number of rotatable bonds is 7. The van der Waals surface area contributed by atoms with Crippen molar-refractivity contribution in [3.63, 3.8) is 0 Å². The lowest BCUT2D eigenvalue weighted by Gasteiger charge is -2.25. The van der Waals surface area contributed by atoms with Gasteiger partial charge in [0, 0.05) is 18.1 Å². The van der Waals surface area contributed by atoms with E-state index in [9.17, 15) is 9.59 Å². The van der Waals surface area contributed by atoms with Gasteiger partial charge in [0.15, 0.2) is 0 Å². The summed E-state index contributed by atoms with van der Waals surface area (Å²) in [6, 6.07) is 15.6. The van der Waals surface area contributed by atoms with E-state index < -0.39 is 0 Å². The van der Waals surface area contributed by atoms with Crippen molar-refractivity contribution in [1.82, 2.24) is 9.80 Å². The zero-order valence-corrected chi connectivity index (χ0v) is 18.2. The Balaban J connectivity index is 1.57. The van der Waals surface area contributed by atoms with Crippen molar-refractivity contribution >= 4 is 28.5 Å². The quantitative estimate of drug-likeness (QED) is 0.639. The zero-order valence-electron chi connectivity index (χ0n) is 18.2. The molecule has 30 heavy (non-hydrogen) atoms. The molecule has 0 aliphatic rings. The van der Waals surface area contributed by atoms with Crippen LogP contribution in [0.2, 0.25) is 0 Å². The molecule has 2 amide bonds. The molecule has 1 unspecified atom stereocenters. The predicted octanol–water partition coefficient (Wildman–Crippen LogP) is 4.14. The summed E-state index contributed by atoms with van der Waals surface area (Å²) in [5, 5.41) is 3.96. The van der Waals surface area contributed by atoms with E-state index in [-0.39, 0.29) is 30.9 Å². The predicted molar refractivity (Wildman–Crippen MR) is 119 cm³/mol. The van der Waals surface area contributed by atoms with Gasteiger partial charge in [-0.25, -0.2) is 0 Å². The first-order valence-electron chi connectivity index (χ1n) is 10.0.